The number of carbonyl (C=O) groups excluding carboxylic acids is 1. The normalized spacial score (nSPS) is 20.9. The number of hydrogen-bond donors (Lipinski definition) is 2. The Morgan fingerprint density at radius 2 is 2.57 bits per heavy atom. The zero-order valence-corrected chi connectivity index (χ0v) is 11.6. The fraction of sp³-hybridized carbons (Fsp3) is 0.333. The van der Waals surface area contributed by atoms with Crippen molar-refractivity contribution in [1.82, 2.24) is 9.55 Å². The van der Waals surface area contributed by atoms with Crippen LogP contribution in [0.1, 0.15) is 6.23 Å². The maximum Gasteiger partial charge on any atom is 0.351 e. The van der Waals surface area contributed by atoms with Gasteiger partial charge in [-0.25, -0.2) is 9.18 Å². The van der Waals surface area contributed by atoms with Crippen LogP contribution < -0.4 is 11.0 Å². The van der Waals surface area contributed by atoms with Crippen molar-refractivity contribution in [3.8, 4) is 0 Å². The van der Waals surface area contributed by atoms with Gasteiger partial charge in [0.25, 0.3) is 5.91 Å². The number of amides is 1. The molecule has 1 amide bonds. The van der Waals surface area contributed by atoms with Crippen LogP contribution in [0.3, 0.4) is 0 Å². The summed E-state index contributed by atoms with van der Waals surface area (Å²) in [5, 5.41) is 11.1. The zero-order valence-electron chi connectivity index (χ0n) is 10.8. The number of nitrogens with one attached hydrogen (secondary N) is 1. The van der Waals surface area contributed by atoms with Gasteiger partial charge in [-0.15, -0.1) is 17.5 Å². The molecule has 0 aliphatic carbocycles. The molecule has 0 radical (unpaired) electrons. The van der Waals surface area contributed by atoms with Crippen molar-refractivity contribution >= 4 is 23.5 Å². The molecule has 1 aromatic heterocycles. The van der Waals surface area contributed by atoms with Crippen LogP contribution in [0.4, 0.5) is 10.2 Å². The predicted octanol–water partition coefficient (Wildman–Crippen LogP) is 0.242. The first-order chi connectivity index (χ1) is 10.0. The lowest BCUT2D eigenvalue weighted by molar-refractivity contribution is -0.111. The van der Waals surface area contributed by atoms with E-state index in [4.69, 9.17) is 9.84 Å². The first-order valence-corrected chi connectivity index (χ1v) is 6.93. The number of hydrogen-bond acceptors (Lipinski definition) is 6. The lowest BCUT2D eigenvalue weighted by atomic mass is 10.4. The van der Waals surface area contributed by atoms with E-state index >= 15 is 0 Å². The predicted molar refractivity (Wildman–Crippen MR) is 74.2 cm³/mol. The van der Waals surface area contributed by atoms with Gasteiger partial charge in [0.05, 0.1) is 12.8 Å². The molecule has 7 nitrogen and oxygen atoms in total. The number of aromatic nitrogens is 2. The SMILES string of the molecule is C=C=CC(=O)Nc1nc(=O)n([C@@H]2CS[C@H](CO)O2)cc1F. The smallest absolute Gasteiger partial charge is 0.351 e. The highest BCUT2D eigenvalue weighted by Gasteiger charge is 2.28. The van der Waals surface area contributed by atoms with E-state index in [2.05, 4.69) is 22.6 Å². The molecule has 1 aromatic rings. The summed E-state index contributed by atoms with van der Waals surface area (Å²) in [7, 11) is 0. The van der Waals surface area contributed by atoms with Crippen LogP contribution in [-0.2, 0) is 9.53 Å². The molecule has 2 atom stereocenters. The minimum Gasteiger partial charge on any atom is -0.393 e. The summed E-state index contributed by atoms with van der Waals surface area (Å²) in [5.74, 6) is -1.66. The standard InChI is InChI=1S/C12H12FN3O4S/c1-2-3-8(18)14-11-7(13)4-16(12(19)15-11)9-6-21-10(5-17)20-9/h3-4,9-10,17H,1,5-6H2,(H,14,15,18,19)/t9-,10+/m0/s1. The number of ether oxygens (including phenoxy) is 1. The third-order valence-electron chi connectivity index (χ3n) is 2.57. The van der Waals surface area contributed by atoms with E-state index in [9.17, 15) is 14.0 Å². The lowest BCUT2D eigenvalue weighted by Gasteiger charge is -2.14. The molecule has 1 fully saturated rings. The Morgan fingerprint density at radius 3 is 3.19 bits per heavy atom. The number of thioether (sulfide) groups is 1. The van der Waals surface area contributed by atoms with Gasteiger partial charge < -0.3 is 15.2 Å². The van der Waals surface area contributed by atoms with E-state index in [-0.39, 0.29) is 6.61 Å². The van der Waals surface area contributed by atoms with Crippen molar-refractivity contribution in [1.29, 1.82) is 0 Å². The molecule has 0 unspecified atom stereocenters. The maximum atomic E-state index is 13.9. The van der Waals surface area contributed by atoms with E-state index in [1.165, 1.54) is 11.8 Å². The molecule has 0 bridgehead atoms. The Kier molecular flexibility index (Phi) is 4.92. The number of aliphatic hydroxyl groups excluding tert-OH is 1. The van der Waals surface area contributed by atoms with Crippen molar-refractivity contribution in [3.63, 3.8) is 0 Å². The molecule has 0 aromatic carbocycles. The second-order valence-corrected chi connectivity index (χ2v) is 5.19. The molecule has 2 N–H and O–H groups in total. The third-order valence-corrected chi connectivity index (χ3v) is 3.68. The minimum absolute atomic E-state index is 0.201. The third kappa shape index (κ3) is 3.59. The lowest BCUT2D eigenvalue weighted by Crippen LogP contribution is -2.30. The fourth-order valence-corrected chi connectivity index (χ4v) is 2.60. The Labute approximate surface area is 123 Å². The number of rotatable bonds is 4. The van der Waals surface area contributed by atoms with Crippen molar-refractivity contribution in [2.24, 2.45) is 0 Å². The van der Waals surface area contributed by atoms with Gasteiger partial charge in [0.2, 0.25) is 0 Å². The quantitative estimate of drug-likeness (QED) is 0.611. The Balaban J connectivity index is 2.23. The summed E-state index contributed by atoms with van der Waals surface area (Å²) < 4.78 is 20.2. The molecular formula is C12H12FN3O4S. The van der Waals surface area contributed by atoms with Crippen LogP contribution in [0, 0.1) is 5.82 Å². The topological polar surface area (TPSA) is 93.5 Å². The van der Waals surface area contributed by atoms with Crippen LogP contribution in [0.25, 0.3) is 0 Å². The number of halogens is 1. The highest BCUT2D eigenvalue weighted by atomic mass is 32.2. The second kappa shape index (κ2) is 6.68. The summed E-state index contributed by atoms with van der Waals surface area (Å²) in [4.78, 5) is 26.6. The van der Waals surface area contributed by atoms with Gasteiger partial charge in [0.1, 0.15) is 11.7 Å². The van der Waals surface area contributed by atoms with Gasteiger partial charge in [-0.3, -0.25) is 9.36 Å². The summed E-state index contributed by atoms with van der Waals surface area (Å²) >= 11 is 1.31. The van der Waals surface area contributed by atoms with Gasteiger partial charge >= 0.3 is 5.69 Å². The number of carbonyl (C=O) groups is 1. The van der Waals surface area contributed by atoms with Gasteiger partial charge in [-0.1, -0.05) is 6.58 Å². The summed E-state index contributed by atoms with van der Waals surface area (Å²) in [6, 6.07) is 0. The zero-order chi connectivity index (χ0) is 15.4. The fourth-order valence-electron chi connectivity index (χ4n) is 1.67. The van der Waals surface area contributed by atoms with Gasteiger partial charge in [-0.2, -0.15) is 4.98 Å². The molecule has 1 saturated heterocycles. The van der Waals surface area contributed by atoms with Crippen molar-refractivity contribution in [2.45, 2.75) is 11.7 Å². The van der Waals surface area contributed by atoms with E-state index in [0.29, 0.717) is 5.75 Å². The van der Waals surface area contributed by atoms with E-state index in [1.54, 1.807) is 0 Å². The number of anilines is 1. The monoisotopic (exact) mass is 313 g/mol. The molecule has 9 heteroatoms. The molecule has 2 heterocycles. The molecule has 1 aliphatic rings. The molecular weight excluding hydrogens is 301 g/mol. The van der Waals surface area contributed by atoms with Crippen LogP contribution in [-0.4, -0.2) is 38.4 Å². The first-order valence-electron chi connectivity index (χ1n) is 5.88. The highest BCUT2D eigenvalue weighted by Crippen LogP contribution is 2.30. The molecule has 1 aliphatic heterocycles. The summed E-state index contributed by atoms with van der Waals surface area (Å²) in [5.41, 5.74) is 1.00. The number of nitrogens with zero attached hydrogens (tertiary/aromatic N) is 2. The Bertz CT molecular complexity index is 656. The Hall–Kier alpha value is -1.93. The maximum absolute atomic E-state index is 13.9. The van der Waals surface area contributed by atoms with Gasteiger partial charge in [0.15, 0.2) is 11.6 Å². The first kappa shape index (κ1) is 15.5. The van der Waals surface area contributed by atoms with Crippen LogP contribution >= 0.6 is 11.8 Å². The van der Waals surface area contributed by atoms with Crippen molar-refractivity contribution < 1.29 is 19.0 Å². The van der Waals surface area contributed by atoms with E-state index < -0.39 is 34.9 Å². The van der Waals surface area contributed by atoms with Crippen LogP contribution in [0.15, 0.2) is 29.4 Å². The average Bonchev–Trinajstić information content (AvgIpc) is 2.91. The molecule has 112 valence electrons. The molecule has 0 saturated carbocycles. The van der Waals surface area contributed by atoms with Gasteiger partial charge in [-0.05, 0) is 0 Å². The van der Waals surface area contributed by atoms with Crippen LogP contribution in [0.5, 0.6) is 0 Å². The van der Waals surface area contributed by atoms with Gasteiger partial charge in [0, 0.05) is 11.8 Å². The number of aliphatic hydroxyl groups is 1. The minimum atomic E-state index is -0.874. The van der Waals surface area contributed by atoms with E-state index in [0.717, 1.165) is 16.8 Å². The largest absolute Gasteiger partial charge is 0.393 e. The summed E-state index contributed by atoms with van der Waals surface area (Å²) in [6.07, 6.45) is 1.16. The molecule has 2 rings (SSSR count). The highest BCUT2D eigenvalue weighted by molar-refractivity contribution is 8.00. The van der Waals surface area contributed by atoms with Crippen molar-refractivity contribution in [2.75, 3.05) is 17.7 Å². The molecule has 0 spiro atoms. The van der Waals surface area contributed by atoms with E-state index in [1.807, 2.05) is 0 Å². The Morgan fingerprint density at radius 1 is 1.81 bits per heavy atom. The molecule has 21 heavy (non-hydrogen) atoms. The second-order valence-electron chi connectivity index (χ2n) is 4.00. The average molecular weight is 313 g/mol. The van der Waals surface area contributed by atoms with Crippen LogP contribution in [0.2, 0.25) is 0 Å². The van der Waals surface area contributed by atoms with Crippen molar-refractivity contribution in [3.05, 3.63) is 40.9 Å². The summed E-state index contributed by atoms with van der Waals surface area (Å²) in [6.45, 7) is 3.00.